The van der Waals surface area contributed by atoms with Crippen molar-refractivity contribution in [2.24, 2.45) is 5.41 Å². The van der Waals surface area contributed by atoms with Crippen molar-refractivity contribution >= 4 is 5.69 Å². The molecule has 0 saturated heterocycles. The van der Waals surface area contributed by atoms with E-state index in [1.54, 1.807) is 6.20 Å². The highest BCUT2D eigenvalue weighted by molar-refractivity contribution is 5.45. The fourth-order valence-electron chi connectivity index (χ4n) is 2.27. The van der Waals surface area contributed by atoms with Crippen molar-refractivity contribution < 1.29 is 4.74 Å². The Balaban J connectivity index is 1.95. The maximum atomic E-state index is 5.92. The average molecular weight is 234 g/mol. The lowest BCUT2D eigenvalue weighted by Gasteiger charge is -2.34. The van der Waals surface area contributed by atoms with Crippen molar-refractivity contribution in [2.45, 2.75) is 52.6 Å². The van der Waals surface area contributed by atoms with Gasteiger partial charge in [0.2, 0.25) is 5.88 Å². The fraction of sp³-hybridized carbons (Fsp3) is 0.643. The summed E-state index contributed by atoms with van der Waals surface area (Å²) < 4.78 is 5.92. The van der Waals surface area contributed by atoms with Gasteiger partial charge in [-0.15, -0.1) is 0 Å². The highest BCUT2D eigenvalue weighted by Crippen LogP contribution is 2.36. The highest BCUT2D eigenvalue weighted by atomic mass is 16.5. The lowest BCUT2D eigenvalue weighted by atomic mass is 9.76. The predicted molar refractivity (Wildman–Crippen MR) is 70.1 cm³/mol. The van der Waals surface area contributed by atoms with Crippen LogP contribution in [0.25, 0.3) is 0 Å². The molecule has 0 bridgehead atoms. The van der Waals surface area contributed by atoms with E-state index in [0.29, 0.717) is 17.4 Å². The molecular weight excluding hydrogens is 212 g/mol. The van der Waals surface area contributed by atoms with Gasteiger partial charge in [0, 0.05) is 6.07 Å². The van der Waals surface area contributed by atoms with Gasteiger partial charge in [-0.1, -0.05) is 13.8 Å². The van der Waals surface area contributed by atoms with Crippen molar-refractivity contribution in [1.82, 2.24) is 4.98 Å². The number of rotatable bonds is 2. The summed E-state index contributed by atoms with van der Waals surface area (Å²) in [5.74, 6) is 0.710. The molecule has 1 aliphatic rings. The van der Waals surface area contributed by atoms with Gasteiger partial charge >= 0.3 is 0 Å². The van der Waals surface area contributed by atoms with Crippen molar-refractivity contribution in [3.8, 4) is 5.88 Å². The number of ether oxygens (including phenoxy) is 1. The highest BCUT2D eigenvalue weighted by Gasteiger charge is 2.27. The third kappa shape index (κ3) is 3.11. The molecule has 17 heavy (non-hydrogen) atoms. The monoisotopic (exact) mass is 234 g/mol. The van der Waals surface area contributed by atoms with Gasteiger partial charge < -0.3 is 10.5 Å². The predicted octanol–water partition coefficient (Wildman–Crippen LogP) is 3.32. The molecule has 2 N–H and O–H groups in total. The summed E-state index contributed by atoms with van der Waals surface area (Å²) in [5.41, 5.74) is 7.97. The summed E-state index contributed by atoms with van der Waals surface area (Å²) >= 11 is 0. The third-order valence-electron chi connectivity index (χ3n) is 3.70. The first-order chi connectivity index (χ1) is 7.96. The Morgan fingerprint density at radius 3 is 2.59 bits per heavy atom. The molecule has 1 fully saturated rings. The Bertz CT molecular complexity index is 391. The first-order valence-electron chi connectivity index (χ1n) is 6.35. The maximum Gasteiger partial charge on any atom is 0.213 e. The molecule has 0 aliphatic heterocycles. The molecule has 0 radical (unpaired) electrons. The number of hydrogen-bond donors (Lipinski definition) is 1. The normalized spacial score (nSPS) is 20.2. The number of nitrogens with zero attached hydrogens (tertiary/aromatic N) is 1. The second-order valence-corrected chi connectivity index (χ2v) is 5.86. The van der Waals surface area contributed by atoms with Crippen LogP contribution in [-0.4, -0.2) is 11.1 Å². The molecule has 3 nitrogen and oxygen atoms in total. The minimum absolute atomic E-state index is 0.318. The Kier molecular flexibility index (Phi) is 3.27. The van der Waals surface area contributed by atoms with Crippen molar-refractivity contribution in [3.05, 3.63) is 17.8 Å². The zero-order valence-corrected chi connectivity index (χ0v) is 11.0. The average Bonchev–Trinajstić information content (AvgIpc) is 2.27. The molecule has 0 spiro atoms. The molecule has 2 rings (SSSR count). The van der Waals surface area contributed by atoms with E-state index in [-0.39, 0.29) is 0 Å². The SMILES string of the molecule is Cc1cc(OC2CCC(C)(C)CC2)ncc1N. The molecule has 0 unspecified atom stereocenters. The topological polar surface area (TPSA) is 48.1 Å². The third-order valence-corrected chi connectivity index (χ3v) is 3.70. The summed E-state index contributed by atoms with van der Waals surface area (Å²) in [7, 11) is 0. The Morgan fingerprint density at radius 1 is 1.35 bits per heavy atom. The number of pyridine rings is 1. The maximum absolute atomic E-state index is 5.92. The van der Waals surface area contributed by atoms with Gasteiger partial charge in [0.15, 0.2) is 0 Å². The number of aromatic nitrogens is 1. The second kappa shape index (κ2) is 4.55. The molecule has 1 heterocycles. The van der Waals surface area contributed by atoms with Crippen molar-refractivity contribution in [2.75, 3.05) is 5.73 Å². The first-order valence-corrected chi connectivity index (χ1v) is 6.35. The quantitative estimate of drug-likeness (QED) is 0.854. The number of hydrogen-bond acceptors (Lipinski definition) is 3. The number of nitrogen functional groups attached to an aromatic ring is 1. The Morgan fingerprint density at radius 2 is 2.00 bits per heavy atom. The van der Waals surface area contributed by atoms with Crippen LogP contribution in [-0.2, 0) is 0 Å². The van der Waals surface area contributed by atoms with E-state index in [1.165, 1.54) is 12.8 Å². The molecule has 94 valence electrons. The van der Waals surface area contributed by atoms with Crippen LogP contribution in [0.15, 0.2) is 12.3 Å². The zero-order valence-electron chi connectivity index (χ0n) is 11.0. The minimum Gasteiger partial charge on any atom is -0.474 e. The largest absolute Gasteiger partial charge is 0.474 e. The van der Waals surface area contributed by atoms with Gasteiger partial charge in [0.1, 0.15) is 6.10 Å². The van der Waals surface area contributed by atoms with E-state index in [0.717, 1.165) is 24.1 Å². The summed E-state index contributed by atoms with van der Waals surface area (Å²) in [6.45, 7) is 6.64. The van der Waals surface area contributed by atoms with Gasteiger partial charge in [0.05, 0.1) is 11.9 Å². The van der Waals surface area contributed by atoms with Crippen LogP contribution in [0.3, 0.4) is 0 Å². The van der Waals surface area contributed by atoms with Gasteiger partial charge in [-0.2, -0.15) is 0 Å². The van der Waals surface area contributed by atoms with Crippen LogP contribution in [0.1, 0.15) is 45.1 Å². The standard InChI is InChI=1S/C14H22N2O/c1-10-8-13(16-9-12(10)15)17-11-4-6-14(2,3)7-5-11/h8-9,11H,4-7,15H2,1-3H3. The summed E-state index contributed by atoms with van der Waals surface area (Å²) in [4.78, 5) is 4.22. The number of nitrogens with two attached hydrogens (primary N) is 1. The van der Waals surface area contributed by atoms with Gasteiger partial charge in [0.25, 0.3) is 0 Å². The van der Waals surface area contributed by atoms with Gasteiger partial charge in [-0.3, -0.25) is 0 Å². The molecule has 1 aromatic rings. The Labute approximate surface area is 103 Å². The molecule has 1 aromatic heterocycles. The smallest absolute Gasteiger partial charge is 0.213 e. The van der Waals surface area contributed by atoms with Crippen molar-refractivity contribution in [1.29, 1.82) is 0 Å². The van der Waals surface area contributed by atoms with Crippen LogP contribution < -0.4 is 10.5 Å². The minimum atomic E-state index is 0.318. The number of aryl methyl sites for hydroxylation is 1. The molecule has 0 atom stereocenters. The van der Waals surface area contributed by atoms with Crippen LogP contribution in [0.2, 0.25) is 0 Å². The fourth-order valence-corrected chi connectivity index (χ4v) is 2.27. The van der Waals surface area contributed by atoms with Crippen LogP contribution in [0.5, 0.6) is 5.88 Å². The van der Waals surface area contributed by atoms with Crippen LogP contribution in [0, 0.1) is 12.3 Å². The lowest BCUT2D eigenvalue weighted by Crippen LogP contribution is -2.28. The number of anilines is 1. The summed E-state index contributed by atoms with van der Waals surface area (Å²) in [6.07, 6.45) is 6.70. The van der Waals surface area contributed by atoms with E-state index < -0.39 is 0 Å². The molecular formula is C14H22N2O. The summed E-state index contributed by atoms with van der Waals surface area (Å²) in [5, 5.41) is 0. The second-order valence-electron chi connectivity index (χ2n) is 5.86. The van der Waals surface area contributed by atoms with Crippen LogP contribution >= 0.6 is 0 Å². The van der Waals surface area contributed by atoms with Gasteiger partial charge in [-0.25, -0.2) is 4.98 Å². The first kappa shape index (κ1) is 12.2. The molecule has 3 heteroatoms. The summed E-state index contributed by atoms with van der Waals surface area (Å²) in [6, 6.07) is 1.93. The lowest BCUT2D eigenvalue weighted by molar-refractivity contribution is 0.0949. The van der Waals surface area contributed by atoms with Crippen LogP contribution in [0.4, 0.5) is 5.69 Å². The zero-order chi connectivity index (χ0) is 12.5. The van der Waals surface area contributed by atoms with E-state index in [2.05, 4.69) is 18.8 Å². The van der Waals surface area contributed by atoms with E-state index in [1.807, 2.05) is 13.0 Å². The van der Waals surface area contributed by atoms with E-state index in [9.17, 15) is 0 Å². The molecule has 1 saturated carbocycles. The molecule has 0 aromatic carbocycles. The Hall–Kier alpha value is -1.25. The van der Waals surface area contributed by atoms with E-state index in [4.69, 9.17) is 10.5 Å². The van der Waals surface area contributed by atoms with E-state index >= 15 is 0 Å². The van der Waals surface area contributed by atoms with Crippen molar-refractivity contribution in [3.63, 3.8) is 0 Å². The van der Waals surface area contributed by atoms with Gasteiger partial charge in [-0.05, 0) is 43.6 Å². The molecule has 1 aliphatic carbocycles. The molecule has 0 amide bonds.